The van der Waals surface area contributed by atoms with Gasteiger partial charge in [0.15, 0.2) is 0 Å². The Bertz CT molecular complexity index is 1320. The molecule has 2 heterocycles. The van der Waals surface area contributed by atoms with Gasteiger partial charge in [0.05, 0.1) is 33.0 Å². The molecule has 4 aromatic rings. The summed E-state index contributed by atoms with van der Waals surface area (Å²) in [4.78, 5) is 34.9. The number of nitrogens with zero attached hydrogens (tertiary/aromatic N) is 2. The number of rotatable bonds is 4. The van der Waals surface area contributed by atoms with Crippen LogP contribution in [0.2, 0.25) is 5.02 Å². The average molecular weight is 448 g/mol. The van der Waals surface area contributed by atoms with Crippen molar-refractivity contribution in [1.82, 2.24) is 9.97 Å². The van der Waals surface area contributed by atoms with E-state index in [0.717, 1.165) is 31.9 Å². The van der Waals surface area contributed by atoms with Gasteiger partial charge >= 0.3 is 5.69 Å². The number of piperazine rings is 1. The van der Waals surface area contributed by atoms with Crippen LogP contribution in [0.1, 0.15) is 10.4 Å². The molecule has 1 aliphatic heterocycles. The summed E-state index contributed by atoms with van der Waals surface area (Å²) >= 11 is 6.22. The topological polar surface area (TPSA) is 84.2 Å². The minimum absolute atomic E-state index is 0.283. The first kappa shape index (κ1) is 20.2. The fourth-order valence-corrected chi connectivity index (χ4v) is 4.33. The number of amides is 1. The second-order valence-corrected chi connectivity index (χ2v) is 8.14. The number of aromatic amines is 2. The number of halogens is 1. The number of anilines is 3. The molecule has 1 fully saturated rings. The molecule has 0 unspecified atom stereocenters. The van der Waals surface area contributed by atoms with E-state index in [-0.39, 0.29) is 11.6 Å². The number of nitrogens with one attached hydrogen (secondary N) is 3. The molecular weight excluding hydrogens is 426 g/mol. The number of fused-ring (bicyclic) bond motifs is 1. The van der Waals surface area contributed by atoms with Crippen molar-refractivity contribution in [3.05, 3.63) is 87.8 Å². The van der Waals surface area contributed by atoms with Crippen LogP contribution in [-0.2, 0) is 0 Å². The van der Waals surface area contributed by atoms with Crippen molar-refractivity contribution in [2.75, 3.05) is 41.3 Å². The predicted octanol–water partition coefficient (Wildman–Crippen LogP) is 4.09. The summed E-state index contributed by atoms with van der Waals surface area (Å²) in [5.41, 5.74) is 4.14. The molecule has 162 valence electrons. The first-order valence-electron chi connectivity index (χ1n) is 10.5. The van der Waals surface area contributed by atoms with Crippen LogP contribution in [-0.4, -0.2) is 42.1 Å². The van der Waals surface area contributed by atoms with Gasteiger partial charge in [-0.05, 0) is 36.4 Å². The Labute approximate surface area is 189 Å². The molecule has 3 aromatic carbocycles. The van der Waals surface area contributed by atoms with Crippen molar-refractivity contribution in [3.8, 4) is 0 Å². The fraction of sp³-hybridized carbons (Fsp3) is 0.167. The smallest absolute Gasteiger partial charge is 0.323 e. The molecule has 5 rings (SSSR count). The zero-order valence-corrected chi connectivity index (χ0v) is 18.0. The van der Waals surface area contributed by atoms with Gasteiger partial charge in [-0.25, -0.2) is 4.79 Å². The lowest BCUT2D eigenvalue weighted by atomic mass is 10.1. The van der Waals surface area contributed by atoms with Crippen LogP contribution < -0.4 is 20.8 Å². The third-order valence-electron chi connectivity index (χ3n) is 5.74. The number of imidazole rings is 1. The van der Waals surface area contributed by atoms with Gasteiger partial charge < -0.3 is 25.1 Å². The Morgan fingerprint density at radius 1 is 0.844 bits per heavy atom. The number of benzene rings is 3. The molecule has 0 aliphatic carbocycles. The van der Waals surface area contributed by atoms with Crippen LogP contribution in [0.3, 0.4) is 0 Å². The molecule has 3 N–H and O–H groups in total. The lowest BCUT2D eigenvalue weighted by Gasteiger charge is -2.38. The van der Waals surface area contributed by atoms with Gasteiger partial charge in [-0.2, -0.15) is 0 Å². The van der Waals surface area contributed by atoms with Gasteiger partial charge in [0.1, 0.15) is 0 Å². The van der Waals surface area contributed by atoms with E-state index in [1.54, 1.807) is 30.3 Å². The lowest BCUT2D eigenvalue weighted by molar-refractivity contribution is 0.102. The number of aromatic nitrogens is 2. The molecule has 8 heteroatoms. The van der Waals surface area contributed by atoms with E-state index in [1.165, 1.54) is 5.69 Å². The molecule has 1 saturated heterocycles. The monoisotopic (exact) mass is 447 g/mol. The van der Waals surface area contributed by atoms with Crippen molar-refractivity contribution in [2.24, 2.45) is 0 Å². The highest BCUT2D eigenvalue weighted by atomic mass is 35.5. The van der Waals surface area contributed by atoms with Crippen LogP contribution in [0.5, 0.6) is 0 Å². The van der Waals surface area contributed by atoms with Crippen LogP contribution in [0.4, 0.5) is 17.1 Å². The van der Waals surface area contributed by atoms with Gasteiger partial charge in [0, 0.05) is 31.9 Å². The Morgan fingerprint density at radius 2 is 1.47 bits per heavy atom. The largest absolute Gasteiger partial charge is 0.368 e. The number of carbonyl (C=O) groups is 1. The second kappa shape index (κ2) is 8.43. The third-order valence-corrected chi connectivity index (χ3v) is 6.07. The maximum absolute atomic E-state index is 12.9. The molecule has 0 bridgehead atoms. The van der Waals surface area contributed by atoms with E-state index >= 15 is 0 Å². The zero-order valence-electron chi connectivity index (χ0n) is 17.3. The van der Waals surface area contributed by atoms with Crippen molar-refractivity contribution in [1.29, 1.82) is 0 Å². The maximum Gasteiger partial charge on any atom is 0.323 e. The molecule has 1 aliphatic rings. The Balaban J connectivity index is 1.45. The van der Waals surface area contributed by atoms with Crippen molar-refractivity contribution in [2.45, 2.75) is 0 Å². The van der Waals surface area contributed by atoms with E-state index in [4.69, 9.17) is 11.6 Å². The van der Waals surface area contributed by atoms with E-state index in [9.17, 15) is 9.59 Å². The minimum Gasteiger partial charge on any atom is -0.368 e. The summed E-state index contributed by atoms with van der Waals surface area (Å²) in [5, 5.41) is 3.38. The van der Waals surface area contributed by atoms with Gasteiger partial charge in [-0.15, -0.1) is 0 Å². The first-order valence-corrected chi connectivity index (χ1v) is 10.8. The fourth-order valence-electron chi connectivity index (χ4n) is 4.11. The van der Waals surface area contributed by atoms with Gasteiger partial charge in [0.2, 0.25) is 0 Å². The maximum atomic E-state index is 12.9. The van der Waals surface area contributed by atoms with Gasteiger partial charge in [-0.3, -0.25) is 4.79 Å². The van der Waals surface area contributed by atoms with Gasteiger partial charge in [0.25, 0.3) is 5.91 Å². The lowest BCUT2D eigenvalue weighted by Crippen LogP contribution is -2.46. The quantitative estimate of drug-likeness (QED) is 0.440. The molecule has 1 amide bonds. The SMILES string of the molecule is O=C(Nc1cc2[nH]c(=O)[nH]c2cc1N1CCN(c2ccccc2)CC1)c1ccccc1Cl. The van der Waals surface area contributed by atoms with Crippen LogP contribution in [0, 0.1) is 0 Å². The molecular formula is C24H22ClN5O2. The highest BCUT2D eigenvalue weighted by Crippen LogP contribution is 2.32. The van der Waals surface area contributed by atoms with Gasteiger partial charge in [-0.1, -0.05) is 41.9 Å². The highest BCUT2D eigenvalue weighted by Gasteiger charge is 2.22. The Hall–Kier alpha value is -3.71. The summed E-state index contributed by atoms with van der Waals surface area (Å²) < 4.78 is 0. The van der Waals surface area contributed by atoms with Crippen LogP contribution >= 0.6 is 11.6 Å². The Morgan fingerprint density at radius 3 is 2.19 bits per heavy atom. The summed E-state index contributed by atoms with van der Waals surface area (Å²) in [6.45, 7) is 3.27. The summed E-state index contributed by atoms with van der Waals surface area (Å²) in [6, 6.07) is 21.0. The van der Waals surface area contributed by atoms with Crippen LogP contribution in [0.15, 0.2) is 71.5 Å². The minimum atomic E-state index is -0.294. The molecule has 32 heavy (non-hydrogen) atoms. The third kappa shape index (κ3) is 3.94. The highest BCUT2D eigenvalue weighted by molar-refractivity contribution is 6.34. The molecule has 0 atom stereocenters. The van der Waals surface area contributed by atoms with Crippen molar-refractivity contribution >= 4 is 45.6 Å². The number of carbonyl (C=O) groups excluding carboxylic acids is 1. The molecule has 0 radical (unpaired) electrons. The average Bonchev–Trinajstić information content (AvgIpc) is 3.18. The number of H-pyrrole nitrogens is 2. The summed E-state index contributed by atoms with van der Waals surface area (Å²) in [7, 11) is 0. The van der Waals surface area contributed by atoms with Crippen molar-refractivity contribution in [3.63, 3.8) is 0 Å². The van der Waals surface area contributed by atoms with E-state index in [2.05, 4.69) is 37.2 Å². The normalized spacial score (nSPS) is 14.0. The standard InChI is InChI=1S/C24H22ClN5O2/c25-18-9-5-4-8-17(18)23(31)26-21-14-19-20(28-24(32)27-19)15-22(21)30-12-10-29(11-13-30)16-6-2-1-3-7-16/h1-9,14-15H,10-13H2,(H,26,31)(H2,27,28,32). The van der Waals surface area contributed by atoms with E-state index < -0.39 is 0 Å². The van der Waals surface area contributed by atoms with Crippen molar-refractivity contribution < 1.29 is 4.79 Å². The molecule has 1 aromatic heterocycles. The number of hydrogen-bond donors (Lipinski definition) is 3. The van der Waals surface area contributed by atoms with E-state index in [0.29, 0.717) is 27.3 Å². The summed E-state index contributed by atoms with van der Waals surface area (Å²) in [5.74, 6) is -0.294. The number of hydrogen-bond acceptors (Lipinski definition) is 4. The number of para-hydroxylation sites is 1. The summed E-state index contributed by atoms with van der Waals surface area (Å²) in [6.07, 6.45) is 0. The Kier molecular flexibility index (Phi) is 5.33. The first-order chi connectivity index (χ1) is 15.6. The molecule has 0 spiro atoms. The molecule has 0 saturated carbocycles. The second-order valence-electron chi connectivity index (χ2n) is 7.74. The van der Waals surface area contributed by atoms with Crippen LogP contribution in [0.25, 0.3) is 11.0 Å². The molecule has 7 nitrogen and oxygen atoms in total. The zero-order chi connectivity index (χ0) is 22.1. The van der Waals surface area contributed by atoms with E-state index in [1.807, 2.05) is 24.3 Å². The predicted molar refractivity (Wildman–Crippen MR) is 129 cm³/mol.